The van der Waals surface area contributed by atoms with E-state index in [1.807, 2.05) is 0 Å². The molecule has 1 N–H and O–H groups in total. The third kappa shape index (κ3) is 1.96. The monoisotopic (exact) mass is 196 g/mol. The zero-order valence-corrected chi connectivity index (χ0v) is 7.63. The maximum atomic E-state index is 11.2. The van der Waals surface area contributed by atoms with Crippen molar-refractivity contribution in [3.8, 4) is 0 Å². The Hall–Kier alpha value is -1.13. The molecular formula is C9H8O3S. The average molecular weight is 196 g/mol. The summed E-state index contributed by atoms with van der Waals surface area (Å²) in [7, 11) is 0. The van der Waals surface area contributed by atoms with Gasteiger partial charge < -0.3 is 5.11 Å². The highest BCUT2D eigenvalue weighted by atomic mass is 32.1. The molecule has 0 aromatic carbocycles. The summed E-state index contributed by atoms with van der Waals surface area (Å²) in [6.45, 7) is -0.158. The number of hydrogen-bond acceptors (Lipinski definition) is 4. The lowest BCUT2D eigenvalue weighted by Gasteiger charge is -2.09. The van der Waals surface area contributed by atoms with E-state index in [4.69, 9.17) is 5.11 Å². The van der Waals surface area contributed by atoms with Gasteiger partial charge in [-0.3, -0.25) is 9.59 Å². The summed E-state index contributed by atoms with van der Waals surface area (Å²) < 4.78 is 0. The fraction of sp³-hybridized carbons (Fsp3) is 0.222. The van der Waals surface area contributed by atoms with E-state index in [1.165, 1.54) is 17.5 Å². The van der Waals surface area contributed by atoms with Crippen LogP contribution in [0.2, 0.25) is 0 Å². The lowest BCUT2D eigenvalue weighted by molar-refractivity contribution is -0.115. The Balaban J connectivity index is 3.10. The second kappa shape index (κ2) is 4.20. The Kier molecular flexibility index (Phi) is 3.22. The molecule has 0 amide bonds. The summed E-state index contributed by atoms with van der Waals surface area (Å²) in [6.07, 6.45) is 2.58. The van der Waals surface area contributed by atoms with Gasteiger partial charge in [-0.1, -0.05) is 12.2 Å². The van der Waals surface area contributed by atoms with Crippen LogP contribution in [0.3, 0.4) is 0 Å². The van der Waals surface area contributed by atoms with Gasteiger partial charge in [0.25, 0.3) is 0 Å². The molecular weight excluding hydrogens is 188 g/mol. The minimum absolute atomic E-state index is 0.158. The van der Waals surface area contributed by atoms with E-state index in [2.05, 4.69) is 12.2 Å². The van der Waals surface area contributed by atoms with E-state index < -0.39 is 0 Å². The van der Waals surface area contributed by atoms with Crippen LogP contribution in [0, 0.1) is 0 Å². The van der Waals surface area contributed by atoms with E-state index in [0.29, 0.717) is 5.57 Å². The SMILES string of the molecule is O=C1C=CC(=O)C(CCO)=C1C=S. The number of aliphatic hydroxyl groups is 1. The second-order valence-electron chi connectivity index (χ2n) is 2.55. The summed E-state index contributed by atoms with van der Waals surface area (Å²) in [5, 5.41) is 9.86. The van der Waals surface area contributed by atoms with Crippen molar-refractivity contribution in [2.75, 3.05) is 6.61 Å². The summed E-state index contributed by atoms with van der Waals surface area (Å²) >= 11 is 4.62. The molecule has 68 valence electrons. The van der Waals surface area contributed by atoms with Crippen molar-refractivity contribution in [1.82, 2.24) is 0 Å². The Morgan fingerprint density at radius 1 is 1.31 bits per heavy atom. The lowest BCUT2D eigenvalue weighted by Crippen LogP contribution is -2.15. The average Bonchev–Trinajstić information content (AvgIpc) is 2.12. The van der Waals surface area contributed by atoms with Gasteiger partial charge in [-0.05, 0) is 12.2 Å². The Labute approximate surface area is 80.7 Å². The molecule has 0 radical (unpaired) electrons. The smallest absolute Gasteiger partial charge is 0.187 e. The van der Waals surface area contributed by atoms with E-state index in [9.17, 15) is 9.59 Å². The zero-order valence-electron chi connectivity index (χ0n) is 6.82. The van der Waals surface area contributed by atoms with Gasteiger partial charge in [-0.15, -0.1) is 0 Å². The number of thiocarbonyl (C=S) groups is 1. The fourth-order valence-electron chi connectivity index (χ4n) is 1.12. The van der Waals surface area contributed by atoms with Gasteiger partial charge in [0.15, 0.2) is 11.6 Å². The molecule has 1 aliphatic carbocycles. The molecule has 4 heteroatoms. The van der Waals surface area contributed by atoms with Crippen LogP contribution in [0.15, 0.2) is 23.3 Å². The molecule has 0 heterocycles. The molecule has 1 rings (SSSR count). The minimum atomic E-state index is -0.266. The van der Waals surface area contributed by atoms with Crippen LogP contribution < -0.4 is 0 Å². The number of rotatable bonds is 3. The Morgan fingerprint density at radius 2 is 1.92 bits per heavy atom. The van der Waals surface area contributed by atoms with Crippen LogP contribution in [0.1, 0.15) is 6.42 Å². The minimum Gasteiger partial charge on any atom is -0.396 e. The third-order valence-corrected chi connectivity index (χ3v) is 1.99. The largest absolute Gasteiger partial charge is 0.396 e. The summed E-state index contributed by atoms with van der Waals surface area (Å²) in [6, 6.07) is 0. The van der Waals surface area contributed by atoms with Crippen LogP contribution in [0.4, 0.5) is 0 Å². The number of ketones is 2. The molecule has 1 aliphatic rings. The van der Waals surface area contributed by atoms with Crippen molar-refractivity contribution in [3.05, 3.63) is 23.3 Å². The lowest BCUT2D eigenvalue weighted by atomic mass is 9.94. The number of aliphatic hydroxyl groups excluding tert-OH is 1. The number of carbonyl (C=O) groups excluding carboxylic acids is 2. The molecule has 0 fully saturated rings. The molecule has 0 atom stereocenters. The highest BCUT2D eigenvalue weighted by Crippen LogP contribution is 2.15. The normalized spacial score (nSPS) is 16.7. The van der Waals surface area contributed by atoms with Crippen LogP contribution in [-0.4, -0.2) is 28.6 Å². The first-order valence-electron chi connectivity index (χ1n) is 3.76. The van der Waals surface area contributed by atoms with Gasteiger partial charge in [0.2, 0.25) is 0 Å². The van der Waals surface area contributed by atoms with E-state index in [-0.39, 0.29) is 30.2 Å². The summed E-state index contributed by atoms with van der Waals surface area (Å²) in [5.74, 6) is -0.511. The van der Waals surface area contributed by atoms with Crippen molar-refractivity contribution in [2.24, 2.45) is 0 Å². The standard InChI is InChI=1S/C9H8O3S/c10-4-3-6-7(5-13)9(12)2-1-8(6)11/h1-2,5,10H,3-4H2. The number of hydrogen-bond donors (Lipinski definition) is 1. The van der Waals surface area contributed by atoms with E-state index >= 15 is 0 Å². The van der Waals surface area contributed by atoms with Crippen LogP contribution in [0.25, 0.3) is 0 Å². The summed E-state index contributed by atoms with van der Waals surface area (Å²) in [5.41, 5.74) is 0.543. The topological polar surface area (TPSA) is 54.4 Å². The zero-order chi connectivity index (χ0) is 9.84. The van der Waals surface area contributed by atoms with Crippen LogP contribution in [-0.2, 0) is 9.59 Å². The van der Waals surface area contributed by atoms with E-state index in [0.717, 1.165) is 0 Å². The van der Waals surface area contributed by atoms with Gasteiger partial charge in [-0.2, -0.15) is 0 Å². The highest BCUT2D eigenvalue weighted by Gasteiger charge is 2.19. The maximum Gasteiger partial charge on any atom is 0.187 e. The predicted octanol–water partition coefficient (Wildman–Crippen LogP) is 0.373. The van der Waals surface area contributed by atoms with Crippen LogP contribution >= 0.6 is 12.2 Å². The number of carbonyl (C=O) groups is 2. The molecule has 13 heavy (non-hydrogen) atoms. The van der Waals surface area contributed by atoms with Gasteiger partial charge in [-0.25, -0.2) is 0 Å². The molecule has 0 bridgehead atoms. The third-order valence-electron chi connectivity index (χ3n) is 1.75. The molecule has 0 spiro atoms. The molecule has 0 unspecified atom stereocenters. The van der Waals surface area contributed by atoms with Gasteiger partial charge >= 0.3 is 0 Å². The molecule has 0 aliphatic heterocycles. The molecule has 0 aromatic rings. The van der Waals surface area contributed by atoms with Crippen molar-refractivity contribution in [1.29, 1.82) is 0 Å². The van der Waals surface area contributed by atoms with Crippen LogP contribution in [0.5, 0.6) is 0 Å². The highest BCUT2D eigenvalue weighted by molar-refractivity contribution is 7.79. The van der Waals surface area contributed by atoms with E-state index in [1.54, 1.807) is 0 Å². The van der Waals surface area contributed by atoms with Gasteiger partial charge in [0.1, 0.15) is 0 Å². The molecule has 0 aromatic heterocycles. The van der Waals surface area contributed by atoms with Crippen molar-refractivity contribution in [2.45, 2.75) is 6.42 Å². The molecule has 3 nitrogen and oxygen atoms in total. The maximum absolute atomic E-state index is 11.2. The van der Waals surface area contributed by atoms with Crippen molar-refractivity contribution < 1.29 is 14.7 Å². The van der Waals surface area contributed by atoms with Crippen molar-refractivity contribution in [3.63, 3.8) is 0 Å². The first-order valence-corrected chi connectivity index (χ1v) is 4.23. The predicted molar refractivity (Wildman–Crippen MR) is 51.5 cm³/mol. The Morgan fingerprint density at radius 3 is 2.46 bits per heavy atom. The summed E-state index contributed by atoms with van der Waals surface area (Å²) in [4.78, 5) is 22.4. The van der Waals surface area contributed by atoms with Crippen molar-refractivity contribution >= 4 is 29.2 Å². The molecule has 0 saturated carbocycles. The first kappa shape index (κ1) is 9.95. The first-order chi connectivity index (χ1) is 6.20. The van der Waals surface area contributed by atoms with Gasteiger partial charge in [0.05, 0.1) is 0 Å². The second-order valence-corrected chi connectivity index (χ2v) is 2.78. The molecule has 0 saturated heterocycles. The number of allylic oxidation sites excluding steroid dienone is 3. The fourth-order valence-corrected chi connectivity index (χ4v) is 1.38. The van der Waals surface area contributed by atoms with Gasteiger partial charge in [0, 0.05) is 29.5 Å². The quantitative estimate of drug-likeness (QED) is 0.523. The Bertz CT molecular complexity index is 326.